The second-order valence-electron chi connectivity index (χ2n) is 26.5. The number of hydrogen-bond acceptors (Lipinski definition) is 29. The fourth-order valence-electron chi connectivity index (χ4n) is 13.4. The number of anilines is 7. The van der Waals surface area contributed by atoms with Crippen LogP contribution in [-0.4, -0.2) is 154 Å². The standard InChI is InChI=1S/C15H14N6.C14H13N7.C12H10FN5O.C12H12N6.C12H11N5O.C11H13N7/c1-8-6-17-11-4-3-9(5-10(8)11)13-12-14(16)18-7-19-15(12)21(2)20-13;1-7-9-4-3-8(5-10(9)19-18-7)12-11-13(15)16-6-17-14(11)21(2)20-12;1-18-12-9(11(14)15-5-16-12)10(17-18)7-3-2-6(13)4-8(7)19;1-18-12-9(11(14)15-6-16-12)10(17-18)7-3-2-4-8(13)5-7;1-17-12-9(11(13)14-6-15-12)10(16-17)7-2-4-8(18)5-3-7;1-5-7(6(2)16-15-5)9-8-10(12)13-4-14-11(8)18(3)17-9/h3-7,17H,1-2H3,(H2,16,18,19);3-6H,1-2H3,(H,18,19)(H2,15,16,17);2-5,19H,1H3,(H2,14,15,16);2-6H,13H2,1H3,(H2,14,15,16);2-6,18H,1H3,(H2,13,14,15);4H,1-3H3,(H,15,16)(H2,12,13,14). The molecule has 0 atom stereocenters. The molecule has 20 aromatic rings. The number of rotatable bonds is 6. The van der Waals surface area contributed by atoms with Crippen molar-refractivity contribution in [3.8, 4) is 79.0 Å². The van der Waals surface area contributed by atoms with Crippen molar-refractivity contribution in [2.45, 2.75) is 27.7 Å². The number of benzene rings is 5. The third-order valence-corrected chi connectivity index (χ3v) is 19.0. The van der Waals surface area contributed by atoms with E-state index in [4.69, 9.17) is 40.1 Å². The summed E-state index contributed by atoms with van der Waals surface area (Å²) in [4.78, 5) is 52.5. The van der Waals surface area contributed by atoms with Gasteiger partial charge in [0.15, 0.2) is 33.9 Å². The smallest absolute Gasteiger partial charge is 0.163 e. The van der Waals surface area contributed by atoms with E-state index in [1.165, 1.54) is 65.7 Å². The molecule has 15 heterocycles. The highest BCUT2D eigenvalue weighted by molar-refractivity contribution is 6.04. The zero-order valence-corrected chi connectivity index (χ0v) is 63.3. The molecule has 0 unspecified atom stereocenters. The molecule has 0 spiro atoms. The summed E-state index contributed by atoms with van der Waals surface area (Å²) in [6.45, 7) is 7.96. The van der Waals surface area contributed by atoms with Gasteiger partial charge in [0.2, 0.25) is 0 Å². The van der Waals surface area contributed by atoms with Crippen LogP contribution in [0.15, 0.2) is 147 Å². The van der Waals surface area contributed by atoms with Gasteiger partial charge in [0.25, 0.3) is 0 Å². The lowest BCUT2D eigenvalue weighted by atomic mass is 10.1. The Morgan fingerprint density at radius 3 is 1.20 bits per heavy atom. The highest BCUT2D eigenvalue weighted by Crippen LogP contribution is 2.39. The van der Waals surface area contributed by atoms with Crippen LogP contribution in [0.4, 0.5) is 45.0 Å². The highest BCUT2D eigenvalue weighted by Gasteiger charge is 2.24. The summed E-state index contributed by atoms with van der Waals surface area (Å²) in [5, 5.41) is 66.9. The van der Waals surface area contributed by atoms with Gasteiger partial charge >= 0.3 is 0 Å². The van der Waals surface area contributed by atoms with Crippen molar-refractivity contribution in [1.82, 2.24) is 144 Å². The van der Waals surface area contributed by atoms with E-state index < -0.39 is 5.82 Å². The maximum Gasteiger partial charge on any atom is 0.163 e. The van der Waals surface area contributed by atoms with E-state index in [9.17, 15) is 14.6 Å². The molecular formula is C76H73FN36O2. The van der Waals surface area contributed by atoms with Crippen molar-refractivity contribution in [3.63, 3.8) is 0 Å². The Bertz CT molecular complexity index is 7080. The van der Waals surface area contributed by atoms with E-state index in [1.54, 1.807) is 61.8 Å². The second kappa shape index (κ2) is 30.0. The Labute approximate surface area is 649 Å². The van der Waals surface area contributed by atoms with Crippen LogP contribution in [-0.2, 0) is 42.3 Å². The number of aromatic hydroxyl groups is 2. The lowest BCUT2D eigenvalue weighted by molar-refractivity contribution is 0.471. The summed E-state index contributed by atoms with van der Waals surface area (Å²) in [5.41, 5.74) is 61.6. The summed E-state index contributed by atoms with van der Waals surface area (Å²) >= 11 is 0. The van der Waals surface area contributed by atoms with Crippen molar-refractivity contribution < 1.29 is 14.6 Å². The van der Waals surface area contributed by atoms with Gasteiger partial charge in [-0.25, -0.2) is 92.3 Å². The van der Waals surface area contributed by atoms with Gasteiger partial charge in [0, 0.05) is 121 Å². The van der Waals surface area contributed by atoms with Crippen LogP contribution in [0.3, 0.4) is 0 Å². The van der Waals surface area contributed by atoms with E-state index >= 15 is 0 Å². The molecule has 5 aromatic carbocycles. The van der Waals surface area contributed by atoms with Gasteiger partial charge < -0.3 is 55.3 Å². The third kappa shape index (κ3) is 13.9. The normalized spacial score (nSPS) is 11.2. The minimum absolute atomic E-state index is 0.205. The number of hydrogen-bond donors (Lipinski definition) is 12. The predicted octanol–water partition coefficient (Wildman–Crippen LogP) is 9.12. The zero-order valence-electron chi connectivity index (χ0n) is 63.3. The van der Waals surface area contributed by atoms with Crippen molar-refractivity contribution >= 4 is 129 Å². The van der Waals surface area contributed by atoms with Gasteiger partial charge in [-0.2, -0.15) is 40.8 Å². The molecule has 0 bridgehead atoms. The summed E-state index contributed by atoms with van der Waals surface area (Å²) in [6.07, 6.45) is 10.5. The Morgan fingerprint density at radius 1 is 0.365 bits per heavy atom. The third-order valence-electron chi connectivity index (χ3n) is 19.0. The van der Waals surface area contributed by atoms with E-state index in [0.717, 1.165) is 134 Å². The average Bonchev–Trinajstić information content (AvgIpc) is 1.62. The number of fused-ring (bicyclic) bond motifs is 8. The van der Waals surface area contributed by atoms with Crippen LogP contribution in [0.2, 0.25) is 0 Å². The number of nitrogens with zero attached hydrogens (tertiary/aromatic N) is 26. The first-order valence-electron chi connectivity index (χ1n) is 35.1. The number of halogens is 1. The van der Waals surface area contributed by atoms with Crippen LogP contribution >= 0.6 is 0 Å². The van der Waals surface area contributed by atoms with E-state index in [0.29, 0.717) is 74.1 Å². The molecule has 0 amide bonds. The minimum atomic E-state index is -0.522. The molecule has 0 aliphatic heterocycles. The summed E-state index contributed by atoms with van der Waals surface area (Å²) < 4.78 is 23.1. The maximum absolute atomic E-state index is 13.0. The molecule has 0 radical (unpaired) electrons. The van der Waals surface area contributed by atoms with Gasteiger partial charge in [0.05, 0.1) is 43.5 Å². The molecule has 20 rings (SSSR count). The van der Waals surface area contributed by atoms with Crippen LogP contribution in [0, 0.1) is 33.5 Å². The largest absolute Gasteiger partial charge is 0.508 e. The Balaban J connectivity index is 0.000000109. The monoisotopic (exact) mass is 1540 g/mol. The molecule has 39 heteroatoms. The Kier molecular flexibility index (Phi) is 19.3. The fourth-order valence-corrected chi connectivity index (χ4v) is 13.4. The molecule has 0 aliphatic rings. The van der Waals surface area contributed by atoms with Crippen molar-refractivity contribution in [1.29, 1.82) is 0 Å². The number of aromatic amines is 3. The second-order valence-corrected chi connectivity index (χ2v) is 26.5. The molecule has 19 N–H and O–H groups in total. The molecule has 576 valence electrons. The summed E-state index contributed by atoms with van der Waals surface area (Å²) in [5.74, 6) is 1.88. The zero-order chi connectivity index (χ0) is 80.9. The first kappa shape index (κ1) is 74.2. The lowest BCUT2D eigenvalue weighted by Crippen LogP contribution is -1.95. The first-order chi connectivity index (χ1) is 55.3. The highest BCUT2D eigenvalue weighted by atomic mass is 19.1. The van der Waals surface area contributed by atoms with Gasteiger partial charge in [0.1, 0.15) is 124 Å². The molecule has 38 nitrogen and oxygen atoms in total. The number of phenolic OH excluding ortho intramolecular Hbond substituents is 2. The van der Waals surface area contributed by atoms with Gasteiger partial charge in [-0.1, -0.05) is 30.3 Å². The van der Waals surface area contributed by atoms with Crippen molar-refractivity contribution in [2.75, 3.05) is 40.1 Å². The molecule has 115 heavy (non-hydrogen) atoms. The van der Waals surface area contributed by atoms with Crippen LogP contribution < -0.4 is 40.1 Å². The topological polar surface area (TPSA) is 557 Å². The summed E-state index contributed by atoms with van der Waals surface area (Å²) in [7, 11) is 10.9. The maximum atomic E-state index is 13.0. The van der Waals surface area contributed by atoms with Gasteiger partial charge in [-0.05, 0) is 100.0 Å². The van der Waals surface area contributed by atoms with Crippen LogP contribution in [0.5, 0.6) is 11.5 Å². The first-order valence-corrected chi connectivity index (χ1v) is 35.1. The number of nitrogen functional groups attached to an aromatic ring is 7. The number of nitrogens with two attached hydrogens (primary N) is 7. The van der Waals surface area contributed by atoms with Gasteiger partial charge in [-0.3, -0.25) is 10.2 Å². The minimum Gasteiger partial charge on any atom is -0.508 e. The average molecular weight is 1540 g/mol. The molecule has 15 aromatic heterocycles. The quantitative estimate of drug-likeness (QED) is 0.0690. The lowest BCUT2D eigenvalue weighted by Gasteiger charge is -2.02. The van der Waals surface area contributed by atoms with Crippen molar-refractivity contribution in [3.05, 3.63) is 176 Å². The van der Waals surface area contributed by atoms with E-state index in [1.807, 2.05) is 104 Å². The molecule has 0 saturated heterocycles. The number of H-pyrrole nitrogens is 3. The van der Waals surface area contributed by atoms with Crippen LogP contribution in [0.25, 0.3) is 156 Å². The predicted molar refractivity (Wildman–Crippen MR) is 437 cm³/mol. The fraction of sp³-hybridized carbons (Fsp3) is 0.132. The van der Waals surface area contributed by atoms with E-state index in [-0.39, 0.29) is 17.3 Å². The Hall–Kier alpha value is -16.3. The number of nitrogens with one attached hydrogen (secondary N) is 3. The van der Waals surface area contributed by atoms with Gasteiger partial charge in [-0.15, -0.1) is 0 Å². The van der Waals surface area contributed by atoms with Crippen molar-refractivity contribution in [2.24, 2.45) is 42.3 Å². The number of aryl methyl sites for hydroxylation is 10. The van der Waals surface area contributed by atoms with Crippen LogP contribution in [0.1, 0.15) is 22.6 Å². The molecule has 0 aliphatic carbocycles. The SMILES string of the molecule is Cc1[nH]nc2cc(-c3nn(C)c4ncnc(N)c34)ccc12.Cc1c[nH]c2ccc(-c3nn(C)c4ncnc(N)c34)cc12.Cc1n[nH]c(C)c1-c1nn(C)c2ncnc(N)c12.Cn1nc(-c2ccc(F)cc2O)c2c(N)ncnc21.Cn1nc(-c2ccc(O)cc2)c2c(N)ncnc21.Cn1nc(-c2cccc(N)c2)c2c(N)ncnc21. The number of phenols is 2. The molecule has 0 fully saturated rings. The Morgan fingerprint density at radius 2 is 0.757 bits per heavy atom. The molecule has 0 saturated carbocycles. The molecular weight excluding hydrogens is 1470 g/mol. The number of aromatic nitrogens is 29. The summed E-state index contributed by atoms with van der Waals surface area (Å²) in [6, 6.07) is 30.2. The van der Waals surface area contributed by atoms with E-state index in [2.05, 4.69) is 135 Å².